The number of hydrogen-bond acceptors (Lipinski definition) is 2. The number of esters is 1. The third-order valence-electron chi connectivity index (χ3n) is 10.8. The summed E-state index contributed by atoms with van der Waals surface area (Å²) in [5.74, 6) is 3.32. The fraction of sp³-hybridized carbons (Fsp3) is 0.900. The second kappa shape index (κ2) is 10.6. The first-order chi connectivity index (χ1) is 15.8. The molecule has 3 fully saturated rings. The molecule has 0 bridgehead atoms. The van der Waals surface area contributed by atoms with Crippen LogP contribution in [0.15, 0.2) is 11.6 Å². The Labute approximate surface area is 208 Å². The zero-order chi connectivity index (χ0) is 23.6. The van der Waals surface area contributed by atoms with Crippen molar-refractivity contribution < 1.29 is 9.53 Å². The quantitative estimate of drug-likeness (QED) is 0.144. The second-order valence-corrected chi connectivity index (χ2v) is 13.2. The van der Waals surface area contributed by atoms with Gasteiger partial charge in [-0.25, -0.2) is 0 Å². The molecule has 0 aromatic heterocycles. The molecule has 8 atom stereocenters. The van der Waals surface area contributed by atoms with Crippen LogP contribution in [0.25, 0.3) is 0 Å². The highest BCUT2D eigenvalue weighted by atomic mass is 35.5. The maximum atomic E-state index is 12.0. The van der Waals surface area contributed by atoms with Gasteiger partial charge >= 0.3 is 5.97 Å². The number of allylic oxidation sites excluding steroid dienone is 1. The summed E-state index contributed by atoms with van der Waals surface area (Å²) in [6.07, 6.45) is 22.7. The lowest BCUT2D eigenvalue weighted by Gasteiger charge is -2.58. The van der Waals surface area contributed by atoms with E-state index in [2.05, 4.69) is 26.8 Å². The van der Waals surface area contributed by atoms with Crippen molar-refractivity contribution in [2.75, 3.05) is 0 Å². The lowest BCUT2D eigenvalue weighted by Crippen LogP contribution is -2.50. The molecule has 2 nitrogen and oxygen atoms in total. The van der Waals surface area contributed by atoms with Crippen LogP contribution in [0, 0.1) is 34.5 Å². The summed E-state index contributed by atoms with van der Waals surface area (Å²) in [5.41, 5.74) is 2.48. The van der Waals surface area contributed by atoms with Crippen LogP contribution in [0.2, 0.25) is 0 Å². The van der Waals surface area contributed by atoms with E-state index in [4.69, 9.17) is 16.3 Å². The van der Waals surface area contributed by atoms with Gasteiger partial charge in [-0.05, 0) is 92.8 Å². The summed E-state index contributed by atoms with van der Waals surface area (Å²) in [7, 11) is 0. The minimum absolute atomic E-state index is 0.0246. The number of fused-ring (bicyclic) bond motifs is 5. The van der Waals surface area contributed by atoms with Gasteiger partial charge in [-0.3, -0.25) is 4.79 Å². The van der Waals surface area contributed by atoms with Gasteiger partial charge in [0, 0.05) is 6.42 Å². The SMILES string of the molecule is CCCCCCCC[C@@H]1CC[C@@H]2[C@@H]3CC=C4C[C@@H](OC(=O)[C@@H](C)Cl)CC[C@]4(C)[C@@H]3CC[C@]12C. The highest BCUT2D eigenvalue weighted by molar-refractivity contribution is 6.29. The number of hydrogen-bond donors (Lipinski definition) is 0. The van der Waals surface area contributed by atoms with E-state index in [9.17, 15) is 4.79 Å². The molecule has 188 valence electrons. The average Bonchev–Trinajstić information content (AvgIpc) is 3.12. The predicted octanol–water partition coefficient (Wildman–Crippen LogP) is 8.86. The molecule has 0 spiro atoms. The van der Waals surface area contributed by atoms with E-state index in [1.54, 1.807) is 12.5 Å². The van der Waals surface area contributed by atoms with Gasteiger partial charge in [0.2, 0.25) is 0 Å². The summed E-state index contributed by atoms with van der Waals surface area (Å²) in [4.78, 5) is 12.0. The van der Waals surface area contributed by atoms with E-state index in [0.29, 0.717) is 10.8 Å². The van der Waals surface area contributed by atoms with Gasteiger partial charge in [-0.1, -0.05) is 70.9 Å². The first-order valence-corrected chi connectivity index (χ1v) is 14.8. The predicted molar refractivity (Wildman–Crippen MR) is 138 cm³/mol. The first-order valence-electron chi connectivity index (χ1n) is 14.3. The monoisotopic (exact) mass is 476 g/mol. The molecule has 0 radical (unpaired) electrons. The standard InChI is InChI=1S/C30H49ClO2/c1-5-6-7-8-9-10-11-22-13-15-26-25-14-12-23-20-24(33-28(32)21(2)31)16-18-30(23,4)27(25)17-19-29(22,26)3/h12,21-22,24-27H,5-11,13-20H2,1-4H3/t21-,22-,24+,25+,26-,27-,29-,30+/m1/s1. The lowest BCUT2D eigenvalue weighted by molar-refractivity contribution is -0.150. The summed E-state index contributed by atoms with van der Waals surface area (Å²) < 4.78 is 5.74. The Balaban J connectivity index is 1.38. The summed E-state index contributed by atoms with van der Waals surface area (Å²) in [5, 5.41) is -0.550. The molecule has 0 aromatic carbocycles. The zero-order valence-electron chi connectivity index (χ0n) is 21.8. The van der Waals surface area contributed by atoms with E-state index >= 15 is 0 Å². The highest BCUT2D eigenvalue weighted by Crippen LogP contribution is 2.66. The number of halogens is 1. The van der Waals surface area contributed by atoms with Gasteiger partial charge in [0.1, 0.15) is 11.5 Å². The van der Waals surface area contributed by atoms with E-state index in [0.717, 1.165) is 36.5 Å². The molecule has 0 unspecified atom stereocenters. The van der Waals surface area contributed by atoms with Crippen LogP contribution in [-0.4, -0.2) is 17.5 Å². The average molecular weight is 477 g/mol. The zero-order valence-corrected chi connectivity index (χ0v) is 22.6. The van der Waals surface area contributed by atoms with Crippen molar-refractivity contribution >= 4 is 17.6 Å². The topological polar surface area (TPSA) is 26.3 Å². The Morgan fingerprint density at radius 2 is 1.82 bits per heavy atom. The van der Waals surface area contributed by atoms with Gasteiger partial charge in [-0.2, -0.15) is 0 Å². The van der Waals surface area contributed by atoms with E-state index in [1.165, 1.54) is 83.5 Å². The van der Waals surface area contributed by atoms with Crippen LogP contribution in [0.5, 0.6) is 0 Å². The van der Waals surface area contributed by atoms with Crippen molar-refractivity contribution in [2.24, 2.45) is 34.5 Å². The van der Waals surface area contributed by atoms with Crippen molar-refractivity contribution in [3.63, 3.8) is 0 Å². The normalized spacial score (nSPS) is 40.9. The summed E-state index contributed by atoms with van der Waals surface area (Å²) in [6.45, 7) is 9.24. The molecule has 33 heavy (non-hydrogen) atoms. The number of carbonyl (C=O) groups is 1. The van der Waals surface area contributed by atoms with Crippen molar-refractivity contribution in [2.45, 2.75) is 135 Å². The van der Waals surface area contributed by atoms with E-state index in [1.807, 2.05) is 0 Å². The molecule has 4 rings (SSSR count). The Bertz CT molecular complexity index is 714. The van der Waals surface area contributed by atoms with Gasteiger partial charge in [-0.15, -0.1) is 11.6 Å². The molecule has 0 aromatic rings. The molecule has 4 aliphatic carbocycles. The molecule has 3 saturated carbocycles. The van der Waals surface area contributed by atoms with Crippen LogP contribution in [0.1, 0.15) is 124 Å². The third kappa shape index (κ3) is 5.07. The van der Waals surface area contributed by atoms with E-state index < -0.39 is 5.38 Å². The molecule has 0 N–H and O–H groups in total. The van der Waals surface area contributed by atoms with Gasteiger partial charge in [0.15, 0.2) is 0 Å². The lowest BCUT2D eigenvalue weighted by atomic mass is 9.47. The Kier molecular flexibility index (Phi) is 8.24. The molecule has 4 aliphatic rings. The maximum Gasteiger partial charge on any atom is 0.324 e. The minimum atomic E-state index is -0.550. The third-order valence-corrected chi connectivity index (χ3v) is 10.9. The van der Waals surface area contributed by atoms with Gasteiger partial charge in [0.25, 0.3) is 0 Å². The summed E-state index contributed by atoms with van der Waals surface area (Å²) >= 11 is 5.95. The Hall–Kier alpha value is -0.500. The molecule has 0 saturated heterocycles. The second-order valence-electron chi connectivity index (χ2n) is 12.6. The number of carbonyl (C=O) groups excluding carboxylic acids is 1. The molecule has 3 heteroatoms. The maximum absolute atomic E-state index is 12.0. The summed E-state index contributed by atoms with van der Waals surface area (Å²) in [6, 6.07) is 0. The molecule has 0 heterocycles. The van der Waals surface area contributed by atoms with Crippen molar-refractivity contribution in [1.82, 2.24) is 0 Å². The van der Waals surface area contributed by atoms with Gasteiger partial charge < -0.3 is 4.74 Å². The molecule has 0 amide bonds. The molecular formula is C30H49ClO2. The number of ether oxygens (including phenoxy) is 1. The van der Waals surface area contributed by atoms with Crippen molar-refractivity contribution in [3.05, 3.63) is 11.6 Å². The largest absolute Gasteiger partial charge is 0.461 e. The van der Waals surface area contributed by atoms with Crippen LogP contribution >= 0.6 is 11.6 Å². The number of alkyl halides is 1. The Morgan fingerprint density at radius 1 is 1.06 bits per heavy atom. The van der Waals surface area contributed by atoms with E-state index in [-0.39, 0.29) is 12.1 Å². The smallest absolute Gasteiger partial charge is 0.324 e. The van der Waals surface area contributed by atoms with Crippen molar-refractivity contribution in [3.8, 4) is 0 Å². The van der Waals surface area contributed by atoms with Crippen LogP contribution in [0.4, 0.5) is 0 Å². The minimum Gasteiger partial charge on any atom is -0.461 e. The fourth-order valence-electron chi connectivity index (χ4n) is 8.74. The first kappa shape index (κ1) is 25.6. The molecule has 0 aliphatic heterocycles. The highest BCUT2D eigenvalue weighted by Gasteiger charge is 2.58. The van der Waals surface area contributed by atoms with Crippen molar-refractivity contribution in [1.29, 1.82) is 0 Å². The van der Waals surface area contributed by atoms with Crippen LogP contribution in [-0.2, 0) is 9.53 Å². The van der Waals surface area contributed by atoms with Crippen LogP contribution < -0.4 is 0 Å². The number of rotatable bonds is 9. The van der Waals surface area contributed by atoms with Gasteiger partial charge in [0.05, 0.1) is 0 Å². The fourth-order valence-corrected chi connectivity index (χ4v) is 8.79. The number of unbranched alkanes of at least 4 members (excludes halogenated alkanes) is 5. The molecular weight excluding hydrogens is 428 g/mol. The Morgan fingerprint density at radius 3 is 2.58 bits per heavy atom. The van der Waals surface area contributed by atoms with Crippen LogP contribution in [0.3, 0.4) is 0 Å².